The van der Waals surface area contributed by atoms with Gasteiger partial charge >= 0.3 is 0 Å². The Morgan fingerprint density at radius 1 is 1.64 bits per heavy atom. The molecule has 0 unspecified atom stereocenters. The minimum absolute atomic E-state index is 0.0649. The molecule has 1 aliphatic rings. The van der Waals surface area contributed by atoms with Crippen molar-refractivity contribution in [3.05, 3.63) is 24.0 Å². The van der Waals surface area contributed by atoms with Crippen LogP contribution in [0.4, 0.5) is 0 Å². The van der Waals surface area contributed by atoms with Crippen LogP contribution in [-0.4, -0.2) is 35.3 Å². The monoisotopic (exact) mass is 194 g/mol. The largest absolute Gasteiger partial charge is 0.505 e. The molecule has 0 aliphatic carbocycles. The second kappa shape index (κ2) is 3.63. The topological polar surface area (TPSA) is 71.5 Å². The number of amides is 1. The molecule has 1 saturated heterocycles. The minimum atomic E-state index is -0.293. The van der Waals surface area contributed by atoms with Gasteiger partial charge in [-0.3, -0.25) is 9.78 Å². The van der Waals surface area contributed by atoms with Gasteiger partial charge in [-0.05, 0) is 6.07 Å². The van der Waals surface area contributed by atoms with Crippen LogP contribution in [0.1, 0.15) is 10.4 Å². The lowest BCUT2D eigenvalue weighted by Crippen LogP contribution is -2.48. The summed E-state index contributed by atoms with van der Waals surface area (Å²) in [6.45, 7) is 1.08. The Labute approximate surface area is 80.7 Å². The number of pyridine rings is 1. The molecule has 2 rings (SSSR count). The number of aromatic nitrogens is 1. The van der Waals surface area contributed by atoms with Gasteiger partial charge in [0.05, 0.1) is 31.0 Å². The van der Waals surface area contributed by atoms with E-state index in [0.29, 0.717) is 13.2 Å². The van der Waals surface area contributed by atoms with Crippen LogP contribution in [-0.2, 0) is 4.74 Å². The average molecular weight is 194 g/mol. The number of carbonyl (C=O) groups excluding carboxylic acids is 1. The van der Waals surface area contributed by atoms with Crippen LogP contribution >= 0.6 is 0 Å². The Bertz CT molecular complexity index is 350. The van der Waals surface area contributed by atoms with Gasteiger partial charge in [0, 0.05) is 6.20 Å². The molecule has 1 fully saturated rings. The Balaban J connectivity index is 2.06. The number of nitrogens with zero attached hydrogens (tertiary/aromatic N) is 1. The number of ether oxygens (including phenoxy) is 1. The van der Waals surface area contributed by atoms with Gasteiger partial charge in [-0.2, -0.15) is 0 Å². The SMILES string of the molecule is O=C(NC1COC1)c1ccncc1O. The summed E-state index contributed by atoms with van der Waals surface area (Å²) in [5, 5.41) is 12.1. The third kappa shape index (κ3) is 1.67. The van der Waals surface area contributed by atoms with Crippen LogP contribution in [0.15, 0.2) is 18.5 Å². The molecule has 0 saturated carbocycles. The highest BCUT2D eigenvalue weighted by Gasteiger charge is 2.22. The van der Waals surface area contributed by atoms with Gasteiger partial charge in [0.15, 0.2) is 0 Å². The van der Waals surface area contributed by atoms with E-state index in [4.69, 9.17) is 4.74 Å². The summed E-state index contributed by atoms with van der Waals surface area (Å²) >= 11 is 0. The quantitative estimate of drug-likeness (QED) is 0.690. The van der Waals surface area contributed by atoms with E-state index in [1.165, 1.54) is 18.5 Å². The lowest BCUT2D eigenvalue weighted by atomic mass is 10.2. The Kier molecular flexibility index (Phi) is 2.32. The molecule has 0 radical (unpaired) electrons. The highest BCUT2D eigenvalue weighted by Crippen LogP contribution is 2.14. The van der Waals surface area contributed by atoms with Crippen molar-refractivity contribution in [3.8, 4) is 5.75 Å². The van der Waals surface area contributed by atoms with E-state index < -0.39 is 0 Å². The lowest BCUT2D eigenvalue weighted by Gasteiger charge is -2.26. The second-order valence-corrected chi connectivity index (χ2v) is 3.10. The van der Waals surface area contributed by atoms with Crippen molar-refractivity contribution in [1.82, 2.24) is 10.3 Å². The summed E-state index contributed by atoms with van der Waals surface area (Å²) in [7, 11) is 0. The molecule has 0 atom stereocenters. The molecular weight excluding hydrogens is 184 g/mol. The van der Waals surface area contributed by atoms with Crippen molar-refractivity contribution >= 4 is 5.91 Å². The third-order valence-corrected chi connectivity index (χ3v) is 2.02. The summed E-state index contributed by atoms with van der Waals surface area (Å²) in [6.07, 6.45) is 2.71. The summed E-state index contributed by atoms with van der Waals surface area (Å²) in [6, 6.07) is 1.54. The molecule has 1 aromatic heterocycles. The van der Waals surface area contributed by atoms with Gasteiger partial charge in [-0.1, -0.05) is 0 Å². The standard InChI is InChI=1S/C9H10N2O3/c12-8-3-10-2-1-7(8)9(13)11-6-4-14-5-6/h1-3,6,12H,4-5H2,(H,11,13). The number of nitrogens with one attached hydrogen (secondary N) is 1. The maximum atomic E-state index is 11.5. The predicted octanol–water partition coefficient (Wildman–Crippen LogP) is -0.0842. The molecule has 0 bridgehead atoms. The van der Waals surface area contributed by atoms with E-state index in [-0.39, 0.29) is 23.3 Å². The third-order valence-electron chi connectivity index (χ3n) is 2.02. The number of carbonyl (C=O) groups is 1. The molecule has 74 valence electrons. The first-order chi connectivity index (χ1) is 6.77. The van der Waals surface area contributed by atoms with Crippen molar-refractivity contribution in [3.63, 3.8) is 0 Å². The van der Waals surface area contributed by atoms with Crippen LogP contribution in [0.5, 0.6) is 5.75 Å². The van der Waals surface area contributed by atoms with Crippen LogP contribution in [0, 0.1) is 0 Å². The molecule has 14 heavy (non-hydrogen) atoms. The Morgan fingerprint density at radius 2 is 2.43 bits per heavy atom. The van der Waals surface area contributed by atoms with E-state index in [1.54, 1.807) is 0 Å². The predicted molar refractivity (Wildman–Crippen MR) is 48.0 cm³/mol. The first kappa shape index (κ1) is 8.96. The summed E-state index contributed by atoms with van der Waals surface area (Å²) in [4.78, 5) is 15.2. The van der Waals surface area contributed by atoms with Gasteiger partial charge in [0.2, 0.25) is 0 Å². The zero-order valence-corrected chi connectivity index (χ0v) is 7.43. The van der Waals surface area contributed by atoms with E-state index in [9.17, 15) is 9.90 Å². The normalized spacial score (nSPS) is 16.0. The van der Waals surface area contributed by atoms with E-state index >= 15 is 0 Å². The van der Waals surface area contributed by atoms with Crippen LogP contribution in [0.2, 0.25) is 0 Å². The number of aromatic hydroxyl groups is 1. The van der Waals surface area contributed by atoms with Crippen molar-refractivity contribution in [2.75, 3.05) is 13.2 Å². The summed E-state index contributed by atoms with van der Waals surface area (Å²) < 4.78 is 4.91. The van der Waals surface area contributed by atoms with E-state index in [0.717, 1.165) is 0 Å². The summed E-state index contributed by atoms with van der Waals surface area (Å²) in [5.74, 6) is -0.400. The molecule has 1 amide bonds. The Morgan fingerprint density at radius 3 is 3.00 bits per heavy atom. The number of hydrogen-bond donors (Lipinski definition) is 2. The molecule has 1 aliphatic heterocycles. The molecule has 5 nitrogen and oxygen atoms in total. The zero-order valence-electron chi connectivity index (χ0n) is 7.43. The fraction of sp³-hybridized carbons (Fsp3) is 0.333. The second-order valence-electron chi connectivity index (χ2n) is 3.10. The van der Waals surface area contributed by atoms with Gasteiger partial charge in [-0.15, -0.1) is 0 Å². The number of hydrogen-bond acceptors (Lipinski definition) is 4. The van der Waals surface area contributed by atoms with Crippen molar-refractivity contribution in [2.24, 2.45) is 0 Å². The fourth-order valence-electron chi connectivity index (χ4n) is 1.16. The van der Waals surface area contributed by atoms with Gasteiger partial charge in [-0.25, -0.2) is 0 Å². The minimum Gasteiger partial charge on any atom is -0.505 e. The maximum Gasteiger partial charge on any atom is 0.255 e. The molecular formula is C9H10N2O3. The highest BCUT2D eigenvalue weighted by molar-refractivity contribution is 5.96. The fourth-order valence-corrected chi connectivity index (χ4v) is 1.16. The van der Waals surface area contributed by atoms with Crippen LogP contribution < -0.4 is 5.32 Å². The van der Waals surface area contributed by atoms with Gasteiger partial charge in [0.25, 0.3) is 5.91 Å². The molecule has 2 heterocycles. The van der Waals surface area contributed by atoms with E-state index in [2.05, 4.69) is 10.3 Å². The van der Waals surface area contributed by atoms with Crippen molar-refractivity contribution in [1.29, 1.82) is 0 Å². The van der Waals surface area contributed by atoms with Gasteiger partial charge in [0.1, 0.15) is 5.75 Å². The zero-order chi connectivity index (χ0) is 9.97. The maximum absolute atomic E-state index is 11.5. The van der Waals surface area contributed by atoms with E-state index in [1.807, 2.05) is 0 Å². The molecule has 2 N–H and O–H groups in total. The Hall–Kier alpha value is -1.62. The van der Waals surface area contributed by atoms with Crippen molar-refractivity contribution in [2.45, 2.75) is 6.04 Å². The molecule has 5 heteroatoms. The molecule has 0 aromatic carbocycles. The van der Waals surface area contributed by atoms with Crippen LogP contribution in [0.3, 0.4) is 0 Å². The summed E-state index contributed by atoms with van der Waals surface area (Å²) in [5.41, 5.74) is 0.243. The first-order valence-electron chi connectivity index (χ1n) is 4.29. The lowest BCUT2D eigenvalue weighted by molar-refractivity contribution is -0.00350. The van der Waals surface area contributed by atoms with Crippen LogP contribution in [0.25, 0.3) is 0 Å². The van der Waals surface area contributed by atoms with Crippen molar-refractivity contribution < 1.29 is 14.6 Å². The molecule has 1 aromatic rings. The number of rotatable bonds is 2. The average Bonchev–Trinajstić information content (AvgIpc) is 2.12. The highest BCUT2D eigenvalue weighted by atomic mass is 16.5. The smallest absolute Gasteiger partial charge is 0.255 e. The molecule has 0 spiro atoms. The van der Waals surface area contributed by atoms with Gasteiger partial charge < -0.3 is 15.2 Å². The first-order valence-corrected chi connectivity index (χ1v) is 4.29.